The molecule has 3 aromatic carbocycles. The molecule has 1 aromatic heterocycles. The van der Waals surface area contributed by atoms with Crippen LogP contribution in [0.25, 0.3) is 11.0 Å². The summed E-state index contributed by atoms with van der Waals surface area (Å²) in [4.78, 5) is 29.0. The van der Waals surface area contributed by atoms with E-state index in [2.05, 4.69) is 13.8 Å². The highest BCUT2D eigenvalue weighted by atomic mass is 19.1. The molecule has 0 aliphatic carbocycles. The van der Waals surface area contributed by atoms with E-state index in [0.717, 1.165) is 18.1 Å². The fourth-order valence-corrected chi connectivity index (χ4v) is 4.93. The van der Waals surface area contributed by atoms with E-state index in [1.54, 1.807) is 11.0 Å². The quantitative estimate of drug-likeness (QED) is 0.308. The maximum atomic E-state index is 14.1. The first kappa shape index (κ1) is 24.0. The Labute approximate surface area is 218 Å². The molecule has 3 heterocycles. The van der Waals surface area contributed by atoms with Crippen LogP contribution < -0.4 is 19.6 Å². The second kappa shape index (κ2) is 9.52. The summed E-state index contributed by atoms with van der Waals surface area (Å²) in [7, 11) is 0. The third-order valence-electron chi connectivity index (χ3n) is 6.86. The Morgan fingerprint density at radius 2 is 1.87 bits per heavy atom. The number of carbonyl (C=O) groups is 1. The Kier molecular flexibility index (Phi) is 6.02. The maximum Gasteiger partial charge on any atom is 0.291 e. The molecular weight excluding hydrogens is 489 g/mol. The SMILES string of the molecule is CC(C)CCOc1cccc([C@@H]2c3c(oc4ccc(F)cc4c3=O)C(=O)N2Cc2ccc3c(c2)OCO3)c1. The molecule has 0 radical (unpaired) electrons. The van der Waals surface area contributed by atoms with E-state index < -0.39 is 23.2 Å². The van der Waals surface area contributed by atoms with E-state index >= 15 is 0 Å². The lowest BCUT2D eigenvalue weighted by molar-refractivity contribution is 0.0714. The van der Waals surface area contributed by atoms with Crippen LogP contribution in [0, 0.1) is 11.7 Å². The van der Waals surface area contributed by atoms with Crippen molar-refractivity contribution in [2.75, 3.05) is 13.4 Å². The summed E-state index contributed by atoms with van der Waals surface area (Å²) in [5, 5.41) is 0.0933. The van der Waals surface area contributed by atoms with Crippen LogP contribution in [-0.2, 0) is 6.54 Å². The van der Waals surface area contributed by atoms with Gasteiger partial charge in [0, 0.05) is 6.54 Å². The number of ether oxygens (including phenoxy) is 3. The molecule has 0 N–H and O–H groups in total. The molecule has 4 aromatic rings. The van der Waals surface area contributed by atoms with E-state index in [4.69, 9.17) is 18.6 Å². The predicted molar refractivity (Wildman–Crippen MR) is 138 cm³/mol. The molecule has 38 heavy (non-hydrogen) atoms. The summed E-state index contributed by atoms with van der Waals surface area (Å²) < 4.78 is 36.9. The van der Waals surface area contributed by atoms with Gasteiger partial charge in [-0.2, -0.15) is 0 Å². The fraction of sp³-hybridized carbons (Fsp3) is 0.267. The molecule has 7 nitrogen and oxygen atoms in total. The molecule has 0 saturated heterocycles. The first-order valence-electron chi connectivity index (χ1n) is 12.6. The summed E-state index contributed by atoms with van der Waals surface area (Å²) in [6, 6.07) is 15.8. The second-order valence-corrected chi connectivity index (χ2v) is 9.94. The van der Waals surface area contributed by atoms with Crippen molar-refractivity contribution in [3.05, 3.63) is 99.2 Å². The zero-order valence-corrected chi connectivity index (χ0v) is 21.0. The van der Waals surface area contributed by atoms with Gasteiger partial charge in [0.1, 0.15) is 17.1 Å². The molecule has 194 valence electrons. The fourth-order valence-electron chi connectivity index (χ4n) is 4.93. The second-order valence-electron chi connectivity index (χ2n) is 9.94. The largest absolute Gasteiger partial charge is 0.494 e. The predicted octanol–water partition coefficient (Wildman–Crippen LogP) is 5.83. The van der Waals surface area contributed by atoms with Crippen molar-refractivity contribution in [2.24, 2.45) is 5.92 Å². The van der Waals surface area contributed by atoms with E-state index in [9.17, 15) is 14.0 Å². The molecule has 0 spiro atoms. The Hall–Kier alpha value is -4.33. The Morgan fingerprint density at radius 3 is 2.71 bits per heavy atom. The number of hydrogen-bond donors (Lipinski definition) is 0. The smallest absolute Gasteiger partial charge is 0.291 e. The molecular formula is C30H26FNO6. The van der Waals surface area contributed by atoms with Crippen LogP contribution in [0.3, 0.4) is 0 Å². The first-order valence-corrected chi connectivity index (χ1v) is 12.6. The number of fused-ring (bicyclic) bond motifs is 3. The van der Waals surface area contributed by atoms with Gasteiger partial charge in [0.25, 0.3) is 5.91 Å². The Bertz CT molecular complexity index is 1610. The molecule has 0 bridgehead atoms. The highest BCUT2D eigenvalue weighted by molar-refractivity contribution is 5.99. The number of halogens is 1. The number of benzene rings is 3. The number of carbonyl (C=O) groups excluding carboxylic acids is 1. The van der Waals surface area contributed by atoms with Crippen molar-refractivity contribution in [1.82, 2.24) is 4.90 Å². The van der Waals surface area contributed by atoms with Gasteiger partial charge in [-0.3, -0.25) is 9.59 Å². The van der Waals surface area contributed by atoms with Gasteiger partial charge >= 0.3 is 0 Å². The van der Waals surface area contributed by atoms with E-state index in [-0.39, 0.29) is 35.6 Å². The van der Waals surface area contributed by atoms with Crippen LogP contribution in [0.15, 0.2) is 69.9 Å². The van der Waals surface area contributed by atoms with Crippen molar-refractivity contribution in [1.29, 1.82) is 0 Å². The van der Waals surface area contributed by atoms with Gasteiger partial charge in [-0.1, -0.05) is 32.0 Å². The van der Waals surface area contributed by atoms with Crippen molar-refractivity contribution < 1.29 is 27.8 Å². The molecule has 0 saturated carbocycles. The van der Waals surface area contributed by atoms with Crippen molar-refractivity contribution in [2.45, 2.75) is 32.9 Å². The van der Waals surface area contributed by atoms with Crippen LogP contribution in [0.1, 0.15) is 53.6 Å². The van der Waals surface area contributed by atoms with Crippen LogP contribution in [-0.4, -0.2) is 24.2 Å². The normalized spacial score (nSPS) is 15.9. The molecule has 1 amide bonds. The van der Waals surface area contributed by atoms with Gasteiger partial charge in [-0.15, -0.1) is 0 Å². The summed E-state index contributed by atoms with van der Waals surface area (Å²) in [5.74, 6) is 1.36. The minimum atomic E-state index is -0.750. The first-order chi connectivity index (χ1) is 18.4. The van der Waals surface area contributed by atoms with Crippen LogP contribution in [0.2, 0.25) is 0 Å². The Morgan fingerprint density at radius 1 is 1.03 bits per heavy atom. The highest BCUT2D eigenvalue weighted by Gasteiger charge is 2.43. The average molecular weight is 516 g/mol. The van der Waals surface area contributed by atoms with E-state index in [0.29, 0.717) is 35.3 Å². The molecule has 8 heteroatoms. The van der Waals surface area contributed by atoms with Gasteiger partial charge < -0.3 is 23.5 Å². The maximum absolute atomic E-state index is 14.1. The third-order valence-corrected chi connectivity index (χ3v) is 6.86. The third kappa shape index (κ3) is 4.26. The van der Waals surface area contributed by atoms with Gasteiger partial charge in [-0.25, -0.2) is 4.39 Å². The van der Waals surface area contributed by atoms with Crippen LogP contribution in [0.5, 0.6) is 17.2 Å². The molecule has 1 atom stereocenters. The summed E-state index contributed by atoms with van der Waals surface area (Å²) in [5.41, 5.74) is 1.42. The summed E-state index contributed by atoms with van der Waals surface area (Å²) in [6.45, 7) is 5.13. The van der Waals surface area contributed by atoms with E-state index in [1.807, 2.05) is 36.4 Å². The van der Waals surface area contributed by atoms with Crippen molar-refractivity contribution >= 4 is 16.9 Å². The highest BCUT2D eigenvalue weighted by Crippen LogP contribution is 2.41. The average Bonchev–Trinajstić information content (AvgIpc) is 3.47. The Balaban J connectivity index is 1.45. The molecule has 6 rings (SSSR count). The lowest BCUT2D eigenvalue weighted by atomic mass is 9.98. The number of nitrogens with zero attached hydrogens (tertiary/aromatic N) is 1. The standard InChI is InChI=1S/C30H26FNO6/c1-17(2)10-11-35-21-5-3-4-19(13-21)27-26-28(33)22-14-20(31)7-9-23(22)38-29(26)30(34)32(27)15-18-6-8-24-25(12-18)37-16-36-24/h3-9,12-14,17,27H,10-11,15-16H2,1-2H3/t27-/m1/s1. The molecule has 2 aliphatic heterocycles. The van der Waals surface area contributed by atoms with Gasteiger partial charge in [0.15, 0.2) is 16.9 Å². The molecule has 2 aliphatic rings. The minimum Gasteiger partial charge on any atom is -0.494 e. The van der Waals surface area contributed by atoms with Crippen molar-refractivity contribution in [3.8, 4) is 17.2 Å². The summed E-state index contributed by atoms with van der Waals surface area (Å²) >= 11 is 0. The lowest BCUT2D eigenvalue weighted by Gasteiger charge is -2.25. The van der Waals surface area contributed by atoms with Gasteiger partial charge in [0.05, 0.1) is 23.6 Å². The van der Waals surface area contributed by atoms with E-state index in [1.165, 1.54) is 12.1 Å². The van der Waals surface area contributed by atoms with Crippen LogP contribution in [0.4, 0.5) is 4.39 Å². The molecule has 0 unspecified atom stereocenters. The monoisotopic (exact) mass is 515 g/mol. The zero-order valence-electron chi connectivity index (χ0n) is 21.0. The van der Waals surface area contributed by atoms with Crippen molar-refractivity contribution in [3.63, 3.8) is 0 Å². The minimum absolute atomic E-state index is 0.0361. The number of rotatable bonds is 7. The number of hydrogen-bond acceptors (Lipinski definition) is 6. The lowest BCUT2D eigenvalue weighted by Crippen LogP contribution is -2.29. The number of amides is 1. The van der Waals surface area contributed by atoms with Gasteiger partial charge in [-0.05, 0) is 65.9 Å². The van der Waals surface area contributed by atoms with Crippen LogP contribution >= 0.6 is 0 Å². The zero-order chi connectivity index (χ0) is 26.4. The van der Waals surface area contributed by atoms with Gasteiger partial charge in [0.2, 0.25) is 12.6 Å². The topological polar surface area (TPSA) is 78.2 Å². The molecule has 0 fully saturated rings. The summed E-state index contributed by atoms with van der Waals surface area (Å²) in [6.07, 6.45) is 0.895.